The molecule has 0 unspecified atom stereocenters. The second-order valence-corrected chi connectivity index (χ2v) is 5.03. The third-order valence-corrected chi connectivity index (χ3v) is 3.16. The minimum atomic E-state index is -0.672. The minimum Gasteiger partial charge on any atom is -0.494 e. The number of hydrogen-bond donors (Lipinski definition) is 4. The number of anilines is 2. The number of carbonyl (C=O) groups is 2. The molecule has 0 bridgehead atoms. The molecular formula is C14H20N4O3. The van der Waals surface area contributed by atoms with Crippen LogP contribution in [0.5, 0.6) is 5.75 Å². The van der Waals surface area contributed by atoms with Crippen molar-refractivity contribution in [2.45, 2.75) is 12.8 Å². The van der Waals surface area contributed by atoms with E-state index in [-0.39, 0.29) is 12.5 Å². The number of carbonyl (C=O) groups excluding carboxylic acids is 2. The maximum Gasteiger partial charge on any atom is 0.316 e. The van der Waals surface area contributed by atoms with Gasteiger partial charge in [0.15, 0.2) is 0 Å². The molecule has 0 aliphatic heterocycles. The fraction of sp³-hybridized carbons (Fsp3) is 0.429. The lowest BCUT2D eigenvalue weighted by atomic mass is 10.2. The van der Waals surface area contributed by atoms with E-state index in [1.54, 1.807) is 18.2 Å². The van der Waals surface area contributed by atoms with Crippen molar-refractivity contribution in [1.29, 1.82) is 0 Å². The summed E-state index contributed by atoms with van der Waals surface area (Å²) < 4.78 is 5.15. The van der Waals surface area contributed by atoms with Crippen LogP contribution in [0.25, 0.3) is 0 Å². The molecule has 1 aliphatic carbocycles. The third kappa shape index (κ3) is 4.96. The van der Waals surface area contributed by atoms with Crippen molar-refractivity contribution in [2.75, 3.05) is 30.8 Å². The van der Waals surface area contributed by atoms with Crippen molar-refractivity contribution in [3.8, 4) is 5.75 Å². The van der Waals surface area contributed by atoms with E-state index in [1.165, 1.54) is 20.0 Å². The highest BCUT2D eigenvalue weighted by Crippen LogP contribution is 2.28. The third-order valence-electron chi connectivity index (χ3n) is 3.16. The number of primary amides is 1. The highest BCUT2D eigenvalue weighted by atomic mass is 16.5. The van der Waals surface area contributed by atoms with Crippen LogP contribution in [0.15, 0.2) is 18.2 Å². The average molecular weight is 292 g/mol. The molecule has 1 aromatic rings. The van der Waals surface area contributed by atoms with Crippen LogP contribution >= 0.6 is 0 Å². The maximum absolute atomic E-state index is 11.8. The van der Waals surface area contributed by atoms with Gasteiger partial charge in [0.2, 0.25) is 5.91 Å². The Bertz CT molecular complexity index is 529. The van der Waals surface area contributed by atoms with E-state index in [0.29, 0.717) is 17.1 Å². The molecule has 1 fully saturated rings. The molecule has 0 saturated heterocycles. The van der Waals surface area contributed by atoms with Gasteiger partial charge in [-0.3, -0.25) is 4.79 Å². The van der Waals surface area contributed by atoms with Gasteiger partial charge in [0.1, 0.15) is 5.75 Å². The second kappa shape index (κ2) is 6.94. The Morgan fingerprint density at radius 3 is 2.71 bits per heavy atom. The molecule has 1 aromatic carbocycles. The lowest BCUT2D eigenvalue weighted by Crippen LogP contribution is -2.29. The molecule has 114 valence electrons. The number of methoxy groups -OCH3 is 1. The van der Waals surface area contributed by atoms with Crippen molar-refractivity contribution in [1.82, 2.24) is 5.32 Å². The molecular weight excluding hydrogens is 272 g/mol. The average Bonchev–Trinajstić information content (AvgIpc) is 3.24. The first-order chi connectivity index (χ1) is 10.1. The van der Waals surface area contributed by atoms with E-state index in [2.05, 4.69) is 16.0 Å². The van der Waals surface area contributed by atoms with E-state index in [4.69, 9.17) is 10.5 Å². The summed E-state index contributed by atoms with van der Waals surface area (Å²) in [4.78, 5) is 22.6. The van der Waals surface area contributed by atoms with E-state index in [1.807, 2.05) is 0 Å². The molecule has 0 radical (unpaired) electrons. The van der Waals surface area contributed by atoms with Crippen LogP contribution < -0.4 is 26.4 Å². The first-order valence-corrected chi connectivity index (χ1v) is 6.83. The molecule has 0 aromatic heterocycles. The molecule has 21 heavy (non-hydrogen) atoms. The predicted octanol–water partition coefficient (Wildman–Crippen LogP) is 1.12. The van der Waals surface area contributed by atoms with Crippen LogP contribution in [0.4, 0.5) is 16.2 Å². The van der Waals surface area contributed by atoms with Gasteiger partial charge in [-0.2, -0.15) is 0 Å². The Hall–Kier alpha value is -2.28. The molecule has 2 rings (SSSR count). The zero-order valence-corrected chi connectivity index (χ0v) is 11.9. The van der Waals surface area contributed by atoms with Gasteiger partial charge in [0, 0.05) is 11.8 Å². The van der Waals surface area contributed by atoms with Gasteiger partial charge in [-0.25, -0.2) is 4.79 Å². The Morgan fingerprint density at radius 1 is 1.33 bits per heavy atom. The quantitative estimate of drug-likeness (QED) is 0.604. The fourth-order valence-corrected chi connectivity index (χ4v) is 1.92. The predicted molar refractivity (Wildman–Crippen MR) is 80.4 cm³/mol. The number of nitrogens with two attached hydrogens (primary N) is 1. The minimum absolute atomic E-state index is 0.117. The zero-order valence-electron chi connectivity index (χ0n) is 11.9. The van der Waals surface area contributed by atoms with Gasteiger partial charge < -0.3 is 26.4 Å². The highest BCUT2D eigenvalue weighted by molar-refractivity contribution is 5.94. The summed E-state index contributed by atoms with van der Waals surface area (Å²) in [6.45, 7) is 1.16. The summed E-state index contributed by atoms with van der Waals surface area (Å²) in [5.41, 5.74) is 6.12. The van der Waals surface area contributed by atoms with Crippen LogP contribution in [0, 0.1) is 5.92 Å². The first-order valence-electron chi connectivity index (χ1n) is 6.83. The number of rotatable bonds is 7. The summed E-state index contributed by atoms with van der Waals surface area (Å²) in [5.74, 6) is 1.04. The zero-order chi connectivity index (χ0) is 15.2. The number of benzene rings is 1. The molecule has 7 nitrogen and oxygen atoms in total. The van der Waals surface area contributed by atoms with Gasteiger partial charge in [-0.15, -0.1) is 0 Å². The Kier molecular flexibility index (Phi) is 4.99. The number of urea groups is 1. The van der Waals surface area contributed by atoms with Crippen molar-refractivity contribution in [3.63, 3.8) is 0 Å². The summed E-state index contributed by atoms with van der Waals surface area (Å²) in [6.07, 6.45) is 2.50. The Labute approximate surface area is 123 Å². The fourth-order valence-electron chi connectivity index (χ4n) is 1.92. The van der Waals surface area contributed by atoms with Crippen molar-refractivity contribution in [2.24, 2.45) is 11.7 Å². The Morgan fingerprint density at radius 2 is 2.10 bits per heavy atom. The second-order valence-electron chi connectivity index (χ2n) is 5.03. The van der Waals surface area contributed by atoms with Gasteiger partial charge in [0.25, 0.3) is 0 Å². The number of hydrogen-bond acceptors (Lipinski definition) is 4. The highest BCUT2D eigenvalue weighted by Gasteiger charge is 2.20. The van der Waals surface area contributed by atoms with Gasteiger partial charge in [0.05, 0.1) is 19.3 Å². The van der Waals surface area contributed by atoms with Crippen molar-refractivity contribution in [3.05, 3.63) is 18.2 Å². The van der Waals surface area contributed by atoms with E-state index < -0.39 is 6.03 Å². The summed E-state index contributed by atoms with van der Waals surface area (Å²) in [5, 5.41) is 8.33. The number of nitrogens with one attached hydrogen (secondary N) is 3. The van der Waals surface area contributed by atoms with E-state index in [0.717, 1.165) is 12.5 Å². The van der Waals surface area contributed by atoms with E-state index >= 15 is 0 Å². The van der Waals surface area contributed by atoms with Crippen LogP contribution in [0.3, 0.4) is 0 Å². The summed E-state index contributed by atoms with van der Waals surface area (Å²) in [7, 11) is 1.48. The van der Waals surface area contributed by atoms with E-state index in [9.17, 15) is 9.59 Å². The molecule has 1 aliphatic rings. The van der Waals surface area contributed by atoms with Crippen LogP contribution in [0.1, 0.15) is 12.8 Å². The maximum atomic E-state index is 11.8. The molecule has 1 saturated carbocycles. The normalized spacial score (nSPS) is 13.6. The largest absolute Gasteiger partial charge is 0.494 e. The lowest BCUT2D eigenvalue weighted by molar-refractivity contribution is -0.115. The monoisotopic (exact) mass is 292 g/mol. The van der Waals surface area contributed by atoms with Gasteiger partial charge in [-0.05, 0) is 37.4 Å². The smallest absolute Gasteiger partial charge is 0.316 e. The SMILES string of the molecule is COc1cc(NC(=O)CNCC2CC2)ccc1NC(N)=O. The van der Waals surface area contributed by atoms with Crippen LogP contribution in [0.2, 0.25) is 0 Å². The molecule has 0 spiro atoms. The van der Waals surface area contributed by atoms with Crippen molar-refractivity contribution < 1.29 is 14.3 Å². The number of amides is 3. The molecule has 0 atom stereocenters. The van der Waals surface area contributed by atoms with Crippen molar-refractivity contribution >= 4 is 23.3 Å². The van der Waals surface area contributed by atoms with Gasteiger partial charge >= 0.3 is 6.03 Å². The van der Waals surface area contributed by atoms with Crippen LogP contribution in [-0.2, 0) is 4.79 Å². The molecule has 7 heteroatoms. The topological polar surface area (TPSA) is 105 Å². The summed E-state index contributed by atoms with van der Waals surface area (Å²) in [6, 6.07) is 4.25. The Balaban J connectivity index is 1.89. The molecule has 5 N–H and O–H groups in total. The lowest BCUT2D eigenvalue weighted by Gasteiger charge is -2.12. The molecule has 0 heterocycles. The standard InChI is InChI=1S/C14H20N4O3/c1-21-12-6-10(4-5-11(12)18-14(15)20)17-13(19)8-16-7-9-2-3-9/h4-6,9,16H,2-3,7-8H2,1H3,(H,17,19)(H3,15,18,20). The molecule has 3 amide bonds. The van der Waals surface area contributed by atoms with Crippen LogP contribution in [-0.4, -0.2) is 32.1 Å². The van der Waals surface area contributed by atoms with Gasteiger partial charge in [-0.1, -0.05) is 0 Å². The summed E-state index contributed by atoms with van der Waals surface area (Å²) >= 11 is 0. The first kappa shape index (κ1) is 15.1. The number of ether oxygens (including phenoxy) is 1.